The van der Waals surface area contributed by atoms with Gasteiger partial charge in [-0.2, -0.15) is 0 Å². The average molecular weight is 374 g/mol. The van der Waals surface area contributed by atoms with E-state index in [0.29, 0.717) is 5.56 Å². The van der Waals surface area contributed by atoms with Gasteiger partial charge in [-0.15, -0.1) is 0 Å². The number of hydrogen-bond donors (Lipinski definition) is 1. The van der Waals surface area contributed by atoms with E-state index in [9.17, 15) is 9.18 Å². The number of H-pyrrole nitrogens is 1. The number of halogens is 1. The molecule has 0 saturated carbocycles. The number of hydrogen-bond acceptors (Lipinski definition) is 2. The highest BCUT2D eigenvalue weighted by Gasteiger charge is 2.46. The third-order valence-corrected chi connectivity index (χ3v) is 5.64. The molecular formula is C24H23FN2O. The molecule has 2 aliphatic rings. The second-order valence-corrected chi connectivity index (χ2v) is 7.48. The summed E-state index contributed by atoms with van der Waals surface area (Å²) in [6.45, 7) is 4.18. The first-order valence-corrected chi connectivity index (χ1v) is 9.56. The highest BCUT2D eigenvalue weighted by atomic mass is 19.1. The van der Waals surface area contributed by atoms with E-state index in [1.807, 2.05) is 19.1 Å². The van der Waals surface area contributed by atoms with Gasteiger partial charge >= 0.3 is 0 Å². The van der Waals surface area contributed by atoms with Crippen molar-refractivity contribution in [1.29, 1.82) is 0 Å². The van der Waals surface area contributed by atoms with Gasteiger partial charge in [0.25, 0.3) is 0 Å². The van der Waals surface area contributed by atoms with Crippen molar-refractivity contribution in [3.8, 4) is 0 Å². The number of rotatable bonds is 3. The van der Waals surface area contributed by atoms with Crippen molar-refractivity contribution in [2.75, 3.05) is 0 Å². The maximum Gasteiger partial charge on any atom is 0.248 e. The predicted octanol–water partition coefficient (Wildman–Crippen LogP) is 4.96. The topological polar surface area (TPSA) is 45.2 Å². The zero-order valence-corrected chi connectivity index (χ0v) is 16.1. The third-order valence-electron chi connectivity index (χ3n) is 5.64. The molecule has 2 aliphatic carbocycles. The van der Waals surface area contributed by atoms with Gasteiger partial charge in [0.15, 0.2) is 0 Å². The molecule has 1 N–H and O–H groups in total. The van der Waals surface area contributed by atoms with Gasteiger partial charge in [0.2, 0.25) is 5.56 Å². The van der Waals surface area contributed by atoms with E-state index in [4.69, 9.17) is 4.99 Å². The predicted molar refractivity (Wildman–Crippen MR) is 112 cm³/mol. The van der Waals surface area contributed by atoms with Crippen LogP contribution >= 0.6 is 0 Å². The molecule has 0 fully saturated rings. The van der Waals surface area contributed by atoms with E-state index >= 15 is 0 Å². The van der Waals surface area contributed by atoms with Crippen LogP contribution in [0.1, 0.15) is 37.1 Å². The summed E-state index contributed by atoms with van der Waals surface area (Å²) in [5.74, 6) is -0.0199. The van der Waals surface area contributed by atoms with Crippen molar-refractivity contribution < 1.29 is 4.39 Å². The third kappa shape index (κ3) is 3.09. The lowest BCUT2D eigenvalue weighted by Crippen LogP contribution is -2.40. The van der Waals surface area contributed by atoms with Gasteiger partial charge < -0.3 is 4.98 Å². The second-order valence-electron chi connectivity index (χ2n) is 7.48. The molecule has 1 aromatic carbocycles. The molecule has 0 saturated heterocycles. The van der Waals surface area contributed by atoms with E-state index in [2.05, 4.69) is 24.1 Å². The van der Waals surface area contributed by atoms with Crippen LogP contribution in [0.3, 0.4) is 0 Å². The number of fused-ring (bicyclic) bond motifs is 4. The average Bonchev–Trinajstić information content (AvgIpc) is 2.65. The van der Waals surface area contributed by atoms with Crippen molar-refractivity contribution in [2.24, 2.45) is 10.9 Å². The summed E-state index contributed by atoms with van der Waals surface area (Å²) in [5, 5.41) is 0. The van der Waals surface area contributed by atoms with Gasteiger partial charge in [0.05, 0.1) is 0 Å². The van der Waals surface area contributed by atoms with Gasteiger partial charge in [-0.25, -0.2) is 4.39 Å². The van der Waals surface area contributed by atoms with Gasteiger partial charge in [-0.1, -0.05) is 42.0 Å². The van der Waals surface area contributed by atoms with Crippen LogP contribution in [0.2, 0.25) is 0 Å². The standard InChI is InChI=1S/C24H23FN2O/c1-3-19-18-13-16(2)15-24(19,20-10-11-23(28)27-22(20)14-18)26-12-6-8-17-7-4-5-9-21(17)25/h3-13,18H,14-15H2,1-2H3,(H,27,28)/b8-6+,19-3+,26-12+/t18-,24+/m0/s1. The van der Waals surface area contributed by atoms with E-state index in [1.54, 1.807) is 36.6 Å². The Hall–Kier alpha value is -3.01. The quantitative estimate of drug-likeness (QED) is 0.599. The molecule has 4 rings (SSSR count). The van der Waals surface area contributed by atoms with E-state index in [1.165, 1.54) is 17.2 Å². The van der Waals surface area contributed by atoms with Gasteiger partial charge in [-0.05, 0) is 44.1 Å². The van der Waals surface area contributed by atoms with Crippen molar-refractivity contribution in [1.82, 2.24) is 4.98 Å². The van der Waals surface area contributed by atoms with Crippen LogP contribution in [0.15, 0.2) is 75.6 Å². The Bertz CT molecular complexity index is 1090. The molecule has 4 heteroatoms. The Morgan fingerprint density at radius 3 is 2.86 bits per heavy atom. The van der Waals surface area contributed by atoms with Crippen molar-refractivity contribution in [3.05, 3.63) is 98.8 Å². The Morgan fingerprint density at radius 2 is 2.07 bits per heavy atom. The van der Waals surface area contributed by atoms with Crippen molar-refractivity contribution >= 4 is 12.3 Å². The van der Waals surface area contributed by atoms with E-state index < -0.39 is 5.54 Å². The number of nitrogens with one attached hydrogen (secondary N) is 1. The summed E-state index contributed by atoms with van der Waals surface area (Å²) < 4.78 is 13.8. The highest BCUT2D eigenvalue weighted by Crippen LogP contribution is 2.51. The van der Waals surface area contributed by atoms with Crippen LogP contribution in [0.4, 0.5) is 4.39 Å². The summed E-state index contributed by atoms with van der Waals surface area (Å²) in [4.78, 5) is 19.9. The highest BCUT2D eigenvalue weighted by molar-refractivity contribution is 5.79. The molecule has 0 radical (unpaired) electrons. The number of allylic oxidation sites excluding steroid dienone is 3. The van der Waals surface area contributed by atoms with Gasteiger partial charge in [0.1, 0.15) is 11.4 Å². The fraction of sp³-hybridized carbons (Fsp3) is 0.250. The summed E-state index contributed by atoms with van der Waals surface area (Å²) in [6, 6.07) is 10.1. The molecule has 28 heavy (non-hydrogen) atoms. The molecule has 1 heterocycles. The van der Waals surface area contributed by atoms with Crippen LogP contribution in [-0.4, -0.2) is 11.2 Å². The largest absolute Gasteiger partial charge is 0.326 e. The first-order chi connectivity index (χ1) is 13.5. The minimum atomic E-state index is -0.518. The molecule has 3 nitrogen and oxygen atoms in total. The second kappa shape index (κ2) is 7.19. The van der Waals surface area contributed by atoms with Crippen LogP contribution < -0.4 is 5.56 Å². The summed E-state index contributed by atoms with van der Waals surface area (Å²) in [5.41, 5.74) is 4.50. The number of pyridine rings is 1. The summed E-state index contributed by atoms with van der Waals surface area (Å²) in [7, 11) is 0. The fourth-order valence-corrected chi connectivity index (χ4v) is 4.58. The maximum absolute atomic E-state index is 13.8. The molecule has 142 valence electrons. The lowest BCUT2D eigenvalue weighted by molar-refractivity contribution is 0.413. The Kier molecular flexibility index (Phi) is 4.71. The molecule has 2 atom stereocenters. The lowest BCUT2D eigenvalue weighted by Gasteiger charge is -2.45. The maximum atomic E-state index is 13.8. The molecule has 0 aliphatic heterocycles. The number of aliphatic imine (C=N–C) groups is 1. The normalized spacial score (nSPS) is 25.3. The van der Waals surface area contributed by atoms with Gasteiger partial charge in [-0.3, -0.25) is 9.79 Å². The zero-order valence-electron chi connectivity index (χ0n) is 16.1. The molecule has 2 aromatic rings. The van der Waals surface area contributed by atoms with E-state index in [-0.39, 0.29) is 17.3 Å². The Morgan fingerprint density at radius 1 is 1.25 bits per heavy atom. The van der Waals surface area contributed by atoms with Crippen molar-refractivity contribution in [2.45, 2.75) is 32.2 Å². The Balaban J connectivity index is 1.78. The minimum absolute atomic E-state index is 0.0833. The first-order valence-electron chi connectivity index (χ1n) is 9.56. The fourth-order valence-electron chi connectivity index (χ4n) is 4.58. The molecule has 1 aromatic heterocycles. The van der Waals surface area contributed by atoms with Crippen LogP contribution in [0, 0.1) is 11.7 Å². The van der Waals surface area contributed by atoms with Crippen molar-refractivity contribution in [3.63, 3.8) is 0 Å². The number of nitrogens with zero attached hydrogens (tertiary/aromatic N) is 1. The minimum Gasteiger partial charge on any atom is -0.326 e. The molecule has 0 amide bonds. The SMILES string of the molecule is C/C=C1\[C@H]2C=C(C)C[C@]1(/N=C/C=C/c1ccccc1F)c1ccc(=O)[nH]c1C2. The molecule has 2 bridgehead atoms. The number of benzene rings is 1. The molecule has 0 unspecified atom stereocenters. The van der Waals surface area contributed by atoms with E-state index in [0.717, 1.165) is 24.1 Å². The van der Waals surface area contributed by atoms with Crippen LogP contribution in [-0.2, 0) is 12.0 Å². The molecule has 0 spiro atoms. The summed E-state index contributed by atoms with van der Waals surface area (Å²) in [6.07, 6.45) is 11.3. The monoisotopic (exact) mass is 374 g/mol. The number of aromatic amines is 1. The summed E-state index contributed by atoms with van der Waals surface area (Å²) >= 11 is 0. The molecular weight excluding hydrogens is 351 g/mol. The van der Waals surface area contributed by atoms with Gasteiger partial charge in [0, 0.05) is 41.4 Å². The van der Waals surface area contributed by atoms with Crippen LogP contribution in [0.5, 0.6) is 0 Å². The first kappa shape index (κ1) is 18.4. The van der Waals surface area contributed by atoms with Crippen LogP contribution in [0.25, 0.3) is 6.08 Å². The number of aromatic nitrogens is 1. The lowest BCUT2D eigenvalue weighted by atomic mass is 9.63. The zero-order chi connectivity index (χ0) is 19.7. The smallest absolute Gasteiger partial charge is 0.248 e. The Labute approximate surface area is 164 Å².